The fourth-order valence-electron chi connectivity index (χ4n) is 2.77. The standard InChI is InChI=1S/C18H19N5O8S2/c19-18(20)21-15(25)6-5-10(17(26)27)9-13(24)16-11(7-8-32-16)22-33(30,31)14-4-2-1-3-12(14)23(28)29/h1-4,7-8,10,22H,5-6,9H2,(H,26,27)(H4,19,20,21,25)/t10-/m1/s1. The molecule has 0 aliphatic heterocycles. The molecule has 33 heavy (non-hydrogen) atoms. The summed E-state index contributed by atoms with van der Waals surface area (Å²) < 4.78 is 27.6. The number of carbonyl (C=O) groups is 3. The van der Waals surface area contributed by atoms with Gasteiger partial charge in [-0.3, -0.25) is 29.2 Å². The molecule has 0 spiro atoms. The first kappa shape index (κ1) is 25.4. The number of hydrogen-bond donors (Lipinski definition) is 4. The van der Waals surface area contributed by atoms with Crippen molar-refractivity contribution in [3.05, 3.63) is 50.7 Å². The lowest BCUT2D eigenvalue weighted by atomic mass is 9.96. The monoisotopic (exact) mass is 497 g/mol. The predicted octanol–water partition coefficient (Wildman–Crippen LogP) is 1.31. The van der Waals surface area contributed by atoms with E-state index in [0.29, 0.717) is 0 Å². The number of nitrogens with zero attached hydrogens (tertiary/aromatic N) is 2. The summed E-state index contributed by atoms with van der Waals surface area (Å²) in [5, 5.41) is 21.9. The van der Waals surface area contributed by atoms with Crippen molar-refractivity contribution in [2.24, 2.45) is 22.4 Å². The van der Waals surface area contributed by atoms with E-state index >= 15 is 0 Å². The van der Waals surface area contributed by atoms with E-state index in [1.165, 1.54) is 23.6 Å². The number of nitro benzene ring substituents is 1. The van der Waals surface area contributed by atoms with Crippen molar-refractivity contribution in [2.45, 2.75) is 24.2 Å². The van der Waals surface area contributed by atoms with Crippen LogP contribution in [0.2, 0.25) is 0 Å². The number of aliphatic imine (C=N–C) groups is 1. The summed E-state index contributed by atoms with van der Waals surface area (Å²) in [5.74, 6) is -4.50. The maximum absolute atomic E-state index is 12.7. The third-order valence-corrected chi connectivity index (χ3v) is 6.62. The molecule has 1 aromatic heterocycles. The second-order valence-corrected chi connectivity index (χ2v) is 9.19. The summed E-state index contributed by atoms with van der Waals surface area (Å²) in [7, 11) is -4.43. The number of carbonyl (C=O) groups excluding carboxylic acids is 2. The number of anilines is 1. The number of thiophene rings is 1. The van der Waals surface area contributed by atoms with Crippen LogP contribution in [-0.2, 0) is 19.6 Å². The number of nitrogens with two attached hydrogens (primary N) is 2. The Bertz CT molecular complexity index is 1220. The van der Waals surface area contributed by atoms with E-state index in [0.717, 1.165) is 23.5 Å². The van der Waals surface area contributed by atoms with Crippen molar-refractivity contribution in [1.82, 2.24) is 0 Å². The molecule has 0 saturated carbocycles. The molecule has 1 atom stereocenters. The van der Waals surface area contributed by atoms with E-state index < -0.39 is 61.5 Å². The second-order valence-electron chi connectivity index (χ2n) is 6.63. The van der Waals surface area contributed by atoms with Crippen molar-refractivity contribution in [3.8, 4) is 0 Å². The first-order valence-corrected chi connectivity index (χ1v) is 11.5. The van der Waals surface area contributed by atoms with E-state index in [2.05, 4.69) is 9.71 Å². The molecule has 0 unspecified atom stereocenters. The first-order chi connectivity index (χ1) is 15.4. The molecule has 6 N–H and O–H groups in total. The number of nitro groups is 1. The van der Waals surface area contributed by atoms with Crippen molar-refractivity contribution >= 4 is 56.4 Å². The normalized spacial score (nSPS) is 11.9. The zero-order valence-corrected chi connectivity index (χ0v) is 18.5. The summed E-state index contributed by atoms with van der Waals surface area (Å²) in [6.45, 7) is 0. The quantitative estimate of drug-likeness (QED) is 0.114. The Labute approximate surface area is 191 Å². The van der Waals surface area contributed by atoms with E-state index in [9.17, 15) is 38.0 Å². The molecule has 1 aromatic carbocycles. The second kappa shape index (κ2) is 10.6. The van der Waals surface area contributed by atoms with Gasteiger partial charge in [0.15, 0.2) is 16.6 Å². The molecule has 2 rings (SSSR count). The highest BCUT2D eigenvalue weighted by Crippen LogP contribution is 2.30. The maximum atomic E-state index is 12.7. The Morgan fingerprint density at radius 3 is 2.48 bits per heavy atom. The van der Waals surface area contributed by atoms with Gasteiger partial charge in [-0.05, 0) is 23.9 Å². The highest BCUT2D eigenvalue weighted by molar-refractivity contribution is 7.92. The fourth-order valence-corrected chi connectivity index (χ4v) is 4.88. The molecule has 0 saturated heterocycles. The summed E-state index contributed by atoms with van der Waals surface area (Å²) in [6, 6.07) is 5.96. The van der Waals surface area contributed by atoms with Crippen molar-refractivity contribution < 1.29 is 32.8 Å². The molecule has 0 fully saturated rings. The Hall–Kier alpha value is -3.85. The zero-order valence-electron chi connectivity index (χ0n) is 16.8. The molecule has 13 nitrogen and oxygen atoms in total. The van der Waals surface area contributed by atoms with Crippen LogP contribution in [0.3, 0.4) is 0 Å². The molecular weight excluding hydrogens is 478 g/mol. The van der Waals surface area contributed by atoms with Gasteiger partial charge in [0.1, 0.15) is 0 Å². The first-order valence-electron chi connectivity index (χ1n) is 9.14. The van der Waals surface area contributed by atoms with Crippen LogP contribution >= 0.6 is 11.3 Å². The summed E-state index contributed by atoms with van der Waals surface area (Å²) in [4.78, 5) is 48.7. The third kappa shape index (κ3) is 6.81. The number of ketones is 1. The summed E-state index contributed by atoms with van der Waals surface area (Å²) in [5.41, 5.74) is 9.37. The number of hydrogen-bond acceptors (Lipinski definition) is 8. The lowest BCUT2D eigenvalue weighted by molar-refractivity contribution is -0.387. The molecule has 2 aromatic rings. The Balaban J connectivity index is 2.21. The third-order valence-electron chi connectivity index (χ3n) is 4.26. The lowest BCUT2D eigenvalue weighted by Crippen LogP contribution is -2.25. The van der Waals surface area contributed by atoms with Crippen LogP contribution in [0, 0.1) is 16.0 Å². The molecule has 0 aliphatic rings. The van der Waals surface area contributed by atoms with E-state index in [1.807, 2.05) is 0 Å². The van der Waals surface area contributed by atoms with Gasteiger partial charge in [-0.25, -0.2) is 8.42 Å². The van der Waals surface area contributed by atoms with Gasteiger partial charge in [0.2, 0.25) is 5.91 Å². The van der Waals surface area contributed by atoms with Gasteiger partial charge in [-0.15, -0.1) is 11.3 Å². The van der Waals surface area contributed by atoms with Gasteiger partial charge in [-0.2, -0.15) is 4.99 Å². The molecular formula is C18H19N5O8S2. The van der Waals surface area contributed by atoms with Crippen LogP contribution in [0.25, 0.3) is 0 Å². The van der Waals surface area contributed by atoms with Gasteiger partial charge in [0, 0.05) is 18.9 Å². The molecule has 0 radical (unpaired) electrons. The molecule has 15 heteroatoms. The minimum atomic E-state index is -4.43. The van der Waals surface area contributed by atoms with Crippen LogP contribution in [0.15, 0.2) is 45.6 Å². The number of amides is 1. The topological polar surface area (TPSA) is 225 Å². The highest BCUT2D eigenvalue weighted by Gasteiger charge is 2.29. The predicted molar refractivity (Wildman–Crippen MR) is 118 cm³/mol. The van der Waals surface area contributed by atoms with Gasteiger partial charge in [0.25, 0.3) is 15.7 Å². The van der Waals surface area contributed by atoms with Gasteiger partial charge < -0.3 is 16.6 Å². The minimum absolute atomic E-state index is 0.0843. The van der Waals surface area contributed by atoms with Gasteiger partial charge in [-0.1, -0.05) is 12.1 Å². The molecule has 1 amide bonds. The number of rotatable bonds is 11. The average molecular weight is 498 g/mol. The maximum Gasteiger partial charge on any atom is 0.306 e. The number of sulfonamides is 1. The molecule has 176 valence electrons. The summed E-state index contributed by atoms with van der Waals surface area (Å²) in [6.07, 6.45) is -1.06. The largest absolute Gasteiger partial charge is 0.481 e. The highest BCUT2D eigenvalue weighted by atomic mass is 32.2. The number of carboxylic acid groups (broad SMARTS) is 1. The Kier molecular flexibility index (Phi) is 8.20. The minimum Gasteiger partial charge on any atom is -0.481 e. The number of benzene rings is 1. The Morgan fingerprint density at radius 1 is 1.21 bits per heavy atom. The molecule has 0 bridgehead atoms. The van der Waals surface area contributed by atoms with Crippen molar-refractivity contribution in [2.75, 3.05) is 4.72 Å². The lowest BCUT2D eigenvalue weighted by Gasteiger charge is -2.12. The number of nitrogens with one attached hydrogen (secondary N) is 1. The SMILES string of the molecule is NC(N)=NC(=O)CC[C@H](CC(=O)c1sccc1NS(=O)(=O)c1ccccc1[N+](=O)[O-])C(=O)O. The Morgan fingerprint density at radius 2 is 1.88 bits per heavy atom. The molecule has 0 aliphatic carbocycles. The number of aliphatic carboxylic acids is 1. The van der Waals surface area contributed by atoms with Crippen LogP contribution < -0.4 is 16.2 Å². The van der Waals surface area contributed by atoms with Gasteiger partial charge in [0.05, 0.1) is 21.4 Å². The van der Waals surface area contributed by atoms with Gasteiger partial charge >= 0.3 is 5.97 Å². The number of carboxylic acids is 1. The summed E-state index contributed by atoms with van der Waals surface area (Å²) >= 11 is 0.865. The zero-order chi connectivity index (χ0) is 24.8. The van der Waals surface area contributed by atoms with Crippen molar-refractivity contribution in [3.63, 3.8) is 0 Å². The smallest absolute Gasteiger partial charge is 0.306 e. The van der Waals surface area contributed by atoms with E-state index in [4.69, 9.17) is 11.5 Å². The van der Waals surface area contributed by atoms with Crippen LogP contribution in [0.4, 0.5) is 11.4 Å². The van der Waals surface area contributed by atoms with Crippen molar-refractivity contribution in [1.29, 1.82) is 0 Å². The number of Topliss-reactive ketones (excluding diaryl/α,β-unsaturated/α-hetero) is 1. The molecule has 1 heterocycles. The van der Waals surface area contributed by atoms with E-state index in [1.54, 1.807) is 0 Å². The van der Waals surface area contributed by atoms with Crippen LogP contribution in [0.1, 0.15) is 28.9 Å². The fraction of sp³-hybridized carbons (Fsp3) is 0.222. The van der Waals surface area contributed by atoms with Crippen LogP contribution in [0.5, 0.6) is 0 Å². The van der Waals surface area contributed by atoms with E-state index in [-0.39, 0.29) is 23.4 Å². The number of guanidine groups is 1. The number of para-hydroxylation sites is 1. The average Bonchev–Trinajstić information content (AvgIpc) is 3.17. The van der Waals surface area contributed by atoms with Crippen LogP contribution in [-0.4, -0.2) is 42.1 Å².